The van der Waals surface area contributed by atoms with E-state index in [0.717, 1.165) is 20.9 Å². The number of aliphatic hydroxyl groups is 2. The summed E-state index contributed by atoms with van der Waals surface area (Å²) in [4.78, 5) is 1.57. The lowest BCUT2D eigenvalue weighted by Gasteiger charge is -2.09. The van der Waals surface area contributed by atoms with Crippen LogP contribution in [-0.2, 0) is 6.54 Å². The van der Waals surface area contributed by atoms with E-state index in [1.165, 1.54) is 18.0 Å². The Hall–Kier alpha value is -3.63. The van der Waals surface area contributed by atoms with Crippen LogP contribution in [0.2, 0.25) is 0 Å². The first-order chi connectivity index (χ1) is 14.6. The van der Waals surface area contributed by atoms with Crippen LogP contribution < -0.4 is 0 Å². The molecule has 8 nitrogen and oxygen atoms in total. The van der Waals surface area contributed by atoms with Gasteiger partial charge in [-0.15, -0.1) is 0 Å². The minimum absolute atomic E-state index is 0.177. The molecule has 0 saturated heterocycles. The van der Waals surface area contributed by atoms with Crippen molar-refractivity contribution >= 4 is 17.3 Å². The molecule has 9 heteroatoms. The summed E-state index contributed by atoms with van der Waals surface area (Å²) in [6, 6.07) is 13.6. The number of hydrogen-bond acceptors (Lipinski definition) is 7. The first-order valence-corrected chi connectivity index (χ1v) is 9.84. The summed E-state index contributed by atoms with van der Waals surface area (Å²) in [5.74, 6) is 0. The molecule has 1 aromatic carbocycles. The lowest BCUT2D eigenvalue weighted by atomic mass is 10.1. The van der Waals surface area contributed by atoms with Crippen LogP contribution in [0.25, 0.3) is 16.6 Å². The van der Waals surface area contributed by atoms with Gasteiger partial charge in [-0.1, -0.05) is 23.9 Å². The molecule has 30 heavy (non-hydrogen) atoms. The van der Waals surface area contributed by atoms with Gasteiger partial charge in [0, 0.05) is 33.3 Å². The van der Waals surface area contributed by atoms with Gasteiger partial charge in [0.15, 0.2) is 0 Å². The van der Waals surface area contributed by atoms with Gasteiger partial charge in [0.1, 0.15) is 12.1 Å². The lowest BCUT2D eigenvalue weighted by Crippen LogP contribution is -2.19. The second-order valence-electron chi connectivity index (χ2n) is 6.55. The molecule has 3 heterocycles. The molecule has 0 aliphatic heterocycles. The number of aromatic nitrogens is 4. The molecule has 0 saturated carbocycles. The van der Waals surface area contributed by atoms with Crippen LogP contribution in [0.5, 0.6) is 0 Å². The van der Waals surface area contributed by atoms with Gasteiger partial charge in [-0.3, -0.25) is 4.68 Å². The van der Waals surface area contributed by atoms with E-state index in [0.29, 0.717) is 16.6 Å². The summed E-state index contributed by atoms with van der Waals surface area (Å²) in [7, 11) is 0. The number of nitrogens with zero attached hydrogens (tertiary/aromatic N) is 6. The highest BCUT2D eigenvalue weighted by Gasteiger charge is 2.15. The summed E-state index contributed by atoms with van der Waals surface area (Å²) in [5.41, 5.74) is 3.28. The average Bonchev–Trinajstić information content (AvgIpc) is 3.40. The maximum Gasteiger partial charge on any atom is 0.103 e. The number of pyridine rings is 1. The Balaban J connectivity index is 1.80. The molecule has 0 unspecified atom stereocenters. The molecule has 0 bridgehead atoms. The van der Waals surface area contributed by atoms with Gasteiger partial charge in [0.2, 0.25) is 0 Å². The number of hydrogen-bond donors (Lipinski definition) is 2. The zero-order valence-corrected chi connectivity index (χ0v) is 16.5. The summed E-state index contributed by atoms with van der Waals surface area (Å²) in [6.07, 6.45) is 5.86. The van der Waals surface area contributed by atoms with Crippen molar-refractivity contribution in [1.29, 1.82) is 10.5 Å². The second-order valence-corrected chi connectivity index (χ2v) is 7.64. The fourth-order valence-corrected chi connectivity index (χ4v) is 4.15. The highest BCUT2D eigenvalue weighted by atomic mass is 32.2. The molecule has 0 radical (unpaired) electrons. The minimum Gasteiger partial charge on any atom is -0.394 e. The third-order valence-corrected chi connectivity index (χ3v) is 5.61. The van der Waals surface area contributed by atoms with E-state index in [1.807, 2.05) is 24.3 Å². The molecular weight excluding hydrogens is 400 g/mol. The predicted octanol–water partition coefficient (Wildman–Crippen LogP) is 2.45. The van der Waals surface area contributed by atoms with E-state index in [4.69, 9.17) is 5.11 Å². The maximum atomic E-state index is 9.63. The Morgan fingerprint density at radius 2 is 1.80 bits per heavy atom. The summed E-state index contributed by atoms with van der Waals surface area (Å²) in [6.45, 7) is -0.166. The molecule has 0 aliphatic carbocycles. The molecule has 0 fully saturated rings. The van der Waals surface area contributed by atoms with Crippen LogP contribution in [0.15, 0.2) is 64.9 Å². The second kappa shape index (κ2) is 8.39. The highest BCUT2D eigenvalue weighted by Crippen LogP contribution is 2.36. The van der Waals surface area contributed by atoms with E-state index in [2.05, 4.69) is 22.3 Å². The molecule has 4 rings (SSSR count). The molecule has 0 aliphatic rings. The van der Waals surface area contributed by atoms with Crippen molar-refractivity contribution in [3.8, 4) is 23.3 Å². The van der Waals surface area contributed by atoms with Crippen molar-refractivity contribution in [1.82, 2.24) is 19.4 Å². The first-order valence-electron chi connectivity index (χ1n) is 9.03. The molecule has 0 spiro atoms. The van der Waals surface area contributed by atoms with Gasteiger partial charge in [0.05, 0.1) is 48.3 Å². The Morgan fingerprint density at radius 3 is 2.57 bits per heavy atom. The summed E-state index contributed by atoms with van der Waals surface area (Å²) in [5, 5.41) is 46.1. The zero-order valence-electron chi connectivity index (χ0n) is 15.7. The van der Waals surface area contributed by atoms with Crippen molar-refractivity contribution in [3.63, 3.8) is 0 Å². The Labute approximate surface area is 176 Å². The number of nitriles is 2. The number of rotatable bonds is 6. The smallest absolute Gasteiger partial charge is 0.103 e. The van der Waals surface area contributed by atoms with E-state index >= 15 is 0 Å². The fourth-order valence-electron chi connectivity index (χ4n) is 3.05. The third-order valence-electron chi connectivity index (χ3n) is 4.50. The Kier molecular flexibility index (Phi) is 5.50. The normalized spacial score (nSPS) is 11.9. The number of benzene rings is 1. The largest absolute Gasteiger partial charge is 0.394 e. The van der Waals surface area contributed by atoms with Crippen LogP contribution >= 0.6 is 11.8 Å². The summed E-state index contributed by atoms with van der Waals surface area (Å²) >= 11 is 1.40. The van der Waals surface area contributed by atoms with E-state index < -0.39 is 6.10 Å². The first kappa shape index (κ1) is 19.7. The van der Waals surface area contributed by atoms with Crippen molar-refractivity contribution < 1.29 is 10.2 Å². The Morgan fingerprint density at radius 1 is 1.00 bits per heavy atom. The molecule has 2 N–H and O–H groups in total. The Bertz CT molecular complexity index is 1300. The third kappa shape index (κ3) is 3.78. The van der Waals surface area contributed by atoms with E-state index in [1.54, 1.807) is 33.9 Å². The molecule has 3 aromatic heterocycles. The molecular formula is C21H16N6O2S. The van der Waals surface area contributed by atoms with Gasteiger partial charge in [-0.05, 0) is 18.2 Å². The SMILES string of the molecule is N#Cc1ccccc1Sc1cc(-c2cnn(C[C@H](O)CO)c2)cn2ncc(C#N)c12. The van der Waals surface area contributed by atoms with Crippen LogP contribution in [0.3, 0.4) is 0 Å². The van der Waals surface area contributed by atoms with Gasteiger partial charge in [-0.25, -0.2) is 4.52 Å². The topological polar surface area (TPSA) is 123 Å². The number of aliphatic hydroxyl groups excluding tert-OH is 2. The zero-order chi connectivity index (χ0) is 21.1. The van der Waals surface area contributed by atoms with Crippen LogP contribution in [0.1, 0.15) is 11.1 Å². The maximum absolute atomic E-state index is 9.63. The van der Waals surface area contributed by atoms with Gasteiger partial charge >= 0.3 is 0 Å². The predicted molar refractivity (Wildman–Crippen MR) is 110 cm³/mol. The van der Waals surface area contributed by atoms with Crippen LogP contribution in [0, 0.1) is 22.7 Å². The lowest BCUT2D eigenvalue weighted by molar-refractivity contribution is 0.0783. The van der Waals surface area contributed by atoms with E-state index in [9.17, 15) is 15.6 Å². The molecule has 148 valence electrons. The summed E-state index contributed by atoms with van der Waals surface area (Å²) < 4.78 is 3.20. The van der Waals surface area contributed by atoms with Crippen LogP contribution in [0.4, 0.5) is 0 Å². The molecule has 4 aromatic rings. The van der Waals surface area contributed by atoms with Gasteiger partial charge < -0.3 is 10.2 Å². The van der Waals surface area contributed by atoms with Crippen molar-refractivity contribution in [2.75, 3.05) is 6.61 Å². The van der Waals surface area contributed by atoms with Gasteiger partial charge in [-0.2, -0.15) is 20.7 Å². The fraction of sp³-hybridized carbons (Fsp3) is 0.143. The minimum atomic E-state index is -0.891. The molecule has 0 amide bonds. The van der Waals surface area contributed by atoms with Crippen molar-refractivity contribution in [2.24, 2.45) is 0 Å². The van der Waals surface area contributed by atoms with Crippen molar-refractivity contribution in [3.05, 3.63) is 66.2 Å². The van der Waals surface area contributed by atoms with Gasteiger partial charge in [0.25, 0.3) is 0 Å². The monoisotopic (exact) mass is 416 g/mol. The van der Waals surface area contributed by atoms with E-state index in [-0.39, 0.29) is 13.2 Å². The average molecular weight is 416 g/mol. The van der Waals surface area contributed by atoms with Crippen molar-refractivity contribution in [2.45, 2.75) is 22.4 Å². The standard InChI is InChI=1S/C21H16N6O2S/c22-6-14-3-1-2-4-19(14)30-20-5-15(11-27-21(20)16(7-23)8-25-27)17-9-24-26(10-17)12-18(29)13-28/h1-5,8-11,18,28-29H,12-13H2/t18-/m0/s1. The molecule has 1 atom stereocenters. The number of fused-ring (bicyclic) bond motifs is 1. The quantitative estimate of drug-likeness (QED) is 0.495. The van der Waals surface area contributed by atoms with Crippen LogP contribution in [-0.4, -0.2) is 42.3 Å². The highest BCUT2D eigenvalue weighted by molar-refractivity contribution is 7.99.